The Balaban J connectivity index is 1.84. The van der Waals surface area contributed by atoms with Gasteiger partial charge in [0.25, 0.3) is 5.91 Å². The number of carbonyl (C=O) groups is 1. The third kappa shape index (κ3) is 3.75. The molecular weight excluding hydrogens is 341 g/mol. The zero-order valence-corrected chi connectivity index (χ0v) is 14.6. The molecule has 0 unspecified atom stereocenters. The van der Waals surface area contributed by atoms with Gasteiger partial charge in [-0.1, -0.05) is 18.2 Å². The maximum Gasteiger partial charge on any atom is 0.257 e. The molecule has 138 valence electrons. The maximum absolute atomic E-state index is 13.8. The number of hydrogen-bond acceptors (Lipinski definition) is 2. The van der Waals surface area contributed by atoms with E-state index in [1.54, 1.807) is 6.07 Å². The third-order valence-electron chi connectivity index (χ3n) is 5.16. The van der Waals surface area contributed by atoms with Crippen molar-refractivity contribution in [2.75, 3.05) is 26.7 Å². The van der Waals surface area contributed by atoms with Gasteiger partial charge in [0.05, 0.1) is 0 Å². The second kappa shape index (κ2) is 7.50. The Hall–Kier alpha value is -2.34. The number of piperidine rings is 1. The molecule has 0 radical (unpaired) electrons. The van der Waals surface area contributed by atoms with E-state index in [-0.39, 0.29) is 12.4 Å². The SMILES string of the molecule is CN1CCC(CNC(=O)c2c(F)cccc2F)(c2cccc(F)c2)CC1. The number of amides is 1. The number of likely N-dealkylation sites (tertiary alicyclic amines) is 1. The average molecular weight is 362 g/mol. The number of halogens is 3. The van der Waals surface area contributed by atoms with Crippen molar-refractivity contribution in [3.63, 3.8) is 0 Å². The number of hydrogen-bond donors (Lipinski definition) is 1. The molecule has 0 aliphatic carbocycles. The van der Waals surface area contributed by atoms with Gasteiger partial charge in [-0.25, -0.2) is 13.2 Å². The van der Waals surface area contributed by atoms with Gasteiger partial charge in [-0.05, 0) is 62.8 Å². The molecule has 0 aromatic heterocycles. The van der Waals surface area contributed by atoms with Crippen LogP contribution < -0.4 is 5.32 Å². The molecule has 1 aliphatic heterocycles. The van der Waals surface area contributed by atoms with Gasteiger partial charge >= 0.3 is 0 Å². The largest absolute Gasteiger partial charge is 0.351 e. The molecule has 0 atom stereocenters. The molecule has 0 spiro atoms. The summed E-state index contributed by atoms with van der Waals surface area (Å²) < 4.78 is 41.4. The van der Waals surface area contributed by atoms with Crippen LogP contribution in [0.2, 0.25) is 0 Å². The van der Waals surface area contributed by atoms with E-state index in [0.717, 1.165) is 30.8 Å². The summed E-state index contributed by atoms with van der Waals surface area (Å²) >= 11 is 0. The fraction of sp³-hybridized carbons (Fsp3) is 0.350. The molecule has 6 heteroatoms. The quantitative estimate of drug-likeness (QED) is 0.903. The summed E-state index contributed by atoms with van der Waals surface area (Å²) in [6, 6.07) is 9.65. The Morgan fingerprint density at radius 2 is 1.69 bits per heavy atom. The molecule has 0 bridgehead atoms. The van der Waals surface area contributed by atoms with E-state index < -0.39 is 28.5 Å². The molecule has 1 amide bonds. The highest BCUT2D eigenvalue weighted by atomic mass is 19.1. The lowest BCUT2D eigenvalue weighted by molar-refractivity contribution is 0.0919. The lowest BCUT2D eigenvalue weighted by Gasteiger charge is -2.41. The van der Waals surface area contributed by atoms with Gasteiger partial charge in [-0.2, -0.15) is 0 Å². The van der Waals surface area contributed by atoms with Crippen molar-refractivity contribution < 1.29 is 18.0 Å². The van der Waals surface area contributed by atoms with Gasteiger partial charge in [0, 0.05) is 12.0 Å². The van der Waals surface area contributed by atoms with Gasteiger partial charge in [-0.3, -0.25) is 4.79 Å². The van der Waals surface area contributed by atoms with E-state index in [1.165, 1.54) is 18.2 Å². The maximum atomic E-state index is 13.8. The van der Waals surface area contributed by atoms with Gasteiger partial charge < -0.3 is 10.2 Å². The van der Waals surface area contributed by atoms with Crippen molar-refractivity contribution in [3.05, 3.63) is 71.0 Å². The van der Waals surface area contributed by atoms with Gasteiger partial charge in [0.2, 0.25) is 0 Å². The van der Waals surface area contributed by atoms with Crippen LogP contribution in [0.5, 0.6) is 0 Å². The molecule has 2 aromatic rings. The Morgan fingerprint density at radius 3 is 2.31 bits per heavy atom. The standard InChI is InChI=1S/C20H21F3N2O/c1-25-10-8-20(9-11-25,14-4-2-5-15(21)12-14)13-24-19(26)18-16(22)6-3-7-17(18)23/h2-7,12H,8-11,13H2,1H3,(H,24,26). The van der Waals surface area contributed by atoms with Crippen LogP contribution in [0.15, 0.2) is 42.5 Å². The number of nitrogens with one attached hydrogen (secondary N) is 1. The Bertz CT molecular complexity index is 781. The summed E-state index contributed by atoms with van der Waals surface area (Å²) in [6.07, 6.45) is 1.43. The van der Waals surface area contributed by atoms with Crippen LogP contribution >= 0.6 is 0 Å². The predicted octanol–water partition coefficient (Wildman–Crippen LogP) is 3.50. The molecule has 3 nitrogen and oxygen atoms in total. The van der Waals surface area contributed by atoms with E-state index in [4.69, 9.17) is 0 Å². The molecule has 2 aromatic carbocycles. The van der Waals surface area contributed by atoms with E-state index in [9.17, 15) is 18.0 Å². The highest BCUT2D eigenvalue weighted by molar-refractivity contribution is 5.94. The highest BCUT2D eigenvalue weighted by Gasteiger charge is 2.36. The Kier molecular flexibility index (Phi) is 5.32. The molecular formula is C20H21F3N2O. The van der Waals surface area contributed by atoms with E-state index in [1.807, 2.05) is 13.1 Å². The van der Waals surface area contributed by atoms with Crippen LogP contribution in [0, 0.1) is 17.5 Å². The van der Waals surface area contributed by atoms with Crippen molar-refractivity contribution in [2.45, 2.75) is 18.3 Å². The van der Waals surface area contributed by atoms with Crippen molar-refractivity contribution in [1.82, 2.24) is 10.2 Å². The molecule has 0 saturated carbocycles. The van der Waals surface area contributed by atoms with Crippen LogP contribution in [0.3, 0.4) is 0 Å². The first-order chi connectivity index (χ1) is 12.4. The summed E-state index contributed by atoms with van der Waals surface area (Å²) in [5.41, 5.74) is -0.263. The Labute approximate surface area is 150 Å². The predicted molar refractivity (Wildman–Crippen MR) is 93.5 cm³/mol. The van der Waals surface area contributed by atoms with Crippen LogP contribution in [-0.4, -0.2) is 37.5 Å². The van der Waals surface area contributed by atoms with Crippen LogP contribution in [0.25, 0.3) is 0 Å². The minimum absolute atomic E-state index is 0.191. The second-order valence-corrected chi connectivity index (χ2v) is 6.87. The van der Waals surface area contributed by atoms with Crippen molar-refractivity contribution in [2.24, 2.45) is 0 Å². The highest BCUT2D eigenvalue weighted by Crippen LogP contribution is 2.35. The Morgan fingerprint density at radius 1 is 1.08 bits per heavy atom. The summed E-state index contributed by atoms with van der Waals surface area (Å²) in [4.78, 5) is 14.5. The van der Waals surface area contributed by atoms with Gasteiger partial charge in [0.15, 0.2) is 0 Å². The van der Waals surface area contributed by atoms with Crippen LogP contribution in [0.4, 0.5) is 13.2 Å². The van der Waals surface area contributed by atoms with Gasteiger partial charge in [-0.15, -0.1) is 0 Å². The summed E-state index contributed by atoms with van der Waals surface area (Å²) in [5, 5.41) is 2.66. The summed E-state index contributed by atoms with van der Waals surface area (Å²) in [5.74, 6) is -2.93. The molecule has 3 rings (SSSR count). The normalized spacial score (nSPS) is 17.1. The lowest BCUT2D eigenvalue weighted by Crippen LogP contribution is -2.48. The third-order valence-corrected chi connectivity index (χ3v) is 5.16. The number of carbonyl (C=O) groups excluding carboxylic acids is 1. The molecule has 1 fully saturated rings. The monoisotopic (exact) mass is 362 g/mol. The zero-order valence-electron chi connectivity index (χ0n) is 14.6. The lowest BCUT2D eigenvalue weighted by atomic mass is 9.72. The second-order valence-electron chi connectivity index (χ2n) is 6.87. The van der Waals surface area contributed by atoms with Crippen molar-refractivity contribution in [3.8, 4) is 0 Å². The number of benzene rings is 2. The molecule has 1 saturated heterocycles. The van der Waals surface area contributed by atoms with Crippen LogP contribution in [-0.2, 0) is 5.41 Å². The first kappa shape index (κ1) is 18.5. The van der Waals surface area contributed by atoms with Crippen molar-refractivity contribution in [1.29, 1.82) is 0 Å². The molecule has 1 aliphatic rings. The fourth-order valence-electron chi connectivity index (χ4n) is 3.49. The minimum Gasteiger partial charge on any atom is -0.351 e. The van der Waals surface area contributed by atoms with Gasteiger partial charge in [0.1, 0.15) is 23.0 Å². The summed E-state index contributed by atoms with van der Waals surface area (Å²) in [7, 11) is 2.00. The molecule has 26 heavy (non-hydrogen) atoms. The first-order valence-corrected chi connectivity index (χ1v) is 8.58. The topological polar surface area (TPSA) is 32.3 Å². The van der Waals surface area contributed by atoms with E-state index >= 15 is 0 Å². The number of nitrogens with zero attached hydrogens (tertiary/aromatic N) is 1. The van der Waals surface area contributed by atoms with E-state index in [0.29, 0.717) is 12.8 Å². The molecule has 1 heterocycles. The fourth-order valence-corrected chi connectivity index (χ4v) is 3.49. The minimum atomic E-state index is -0.898. The van der Waals surface area contributed by atoms with Crippen LogP contribution in [0.1, 0.15) is 28.8 Å². The smallest absolute Gasteiger partial charge is 0.257 e. The van der Waals surface area contributed by atoms with E-state index in [2.05, 4.69) is 10.2 Å². The molecule has 1 N–H and O–H groups in total. The zero-order chi connectivity index (χ0) is 18.7. The average Bonchev–Trinajstić information content (AvgIpc) is 2.61. The first-order valence-electron chi connectivity index (χ1n) is 8.58. The van der Waals surface area contributed by atoms with Crippen molar-refractivity contribution >= 4 is 5.91 Å². The summed E-state index contributed by atoms with van der Waals surface area (Å²) in [6.45, 7) is 1.78. The number of rotatable bonds is 4.